The van der Waals surface area contributed by atoms with E-state index in [1.165, 1.54) is 25.8 Å². The van der Waals surface area contributed by atoms with Gasteiger partial charge in [0.25, 0.3) is 0 Å². The maximum Gasteiger partial charge on any atom is 0.0628 e. The van der Waals surface area contributed by atoms with Crippen LogP contribution in [0.1, 0.15) is 26.2 Å². The summed E-state index contributed by atoms with van der Waals surface area (Å²) >= 11 is 0. The van der Waals surface area contributed by atoms with Crippen molar-refractivity contribution in [2.45, 2.75) is 32.2 Å². The molecule has 0 atom stereocenters. The fourth-order valence-corrected chi connectivity index (χ4v) is 1.46. The fourth-order valence-electron chi connectivity index (χ4n) is 1.46. The van der Waals surface area contributed by atoms with Crippen LogP contribution < -0.4 is 0 Å². The molecule has 0 radical (unpaired) electrons. The molecule has 0 aliphatic carbocycles. The molecule has 4 heteroatoms. The van der Waals surface area contributed by atoms with Crippen LogP contribution in [-0.2, 0) is 0 Å². The lowest BCUT2D eigenvalue weighted by atomic mass is 10.1. The van der Waals surface area contributed by atoms with Gasteiger partial charge in [0, 0.05) is 18.0 Å². The van der Waals surface area contributed by atoms with Crippen LogP contribution in [-0.4, -0.2) is 30.6 Å². The summed E-state index contributed by atoms with van der Waals surface area (Å²) < 4.78 is 0. The monoisotopic (exact) mass is 168 g/mol. The normalized spacial score (nSPS) is 18.4. The Morgan fingerprint density at radius 1 is 1.50 bits per heavy atom. The zero-order chi connectivity index (χ0) is 8.81. The quantitative estimate of drug-likeness (QED) is 0.268. The Morgan fingerprint density at radius 3 is 2.83 bits per heavy atom. The van der Waals surface area contributed by atoms with Crippen LogP contribution in [0.15, 0.2) is 5.11 Å². The van der Waals surface area contributed by atoms with E-state index in [9.17, 15) is 0 Å². The number of azide groups is 1. The van der Waals surface area contributed by atoms with Gasteiger partial charge in [-0.25, -0.2) is 0 Å². The van der Waals surface area contributed by atoms with E-state index in [-0.39, 0.29) is 6.04 Å². The first-order valence-electron chi connectivity index (χ1n) is 4.63. The van der Waals surface area contributed by atoms with E-state index in [2.05, 4.69) is 21.8 Å². The molecule has 0 aromatic heterocycles. The van der Waals surface area contributed by atoms with Crippen LogP contribution in [0.3, 0.4) is 0 Å². The molecular formula is C8H16N4. The summed E-state index contributed by atoms with van der Waals surface area (Å²) in [4.78, 5) is 5.13. The third kappa shape index (κ3) is 2.72. The predicted octanol–water partition coefficient (Wildman–Crippen LogP) is 2.17. The van der Waals surface area contributed by atoms with Crippen molar-refractivity contribution >= 4 is 0 Å². The average Bonchev–Trinajstić information content (AvgIpc) is 2.00. The Bertz CT molecular complexity index is 168. The van der Waals surface area contributed by atoms with Gasteiger partial charge in [0.1, 0.15) is 0 Å². The minimum atomic E-state index is 0.247. The van der Waals surface area contributed by atoms with Crippen molar-refractivity contribution in [2.75, 3.05) is 19.6 Å². The summed E-state index contributed by atoms with van der Waals surface area (Å²) in [5, 5.41) is 3.65. The zero-order valence-electron chi connectivity index (χ0n) is 7.61. The molecule has 0 bridgehead atoms. The molecule has 1 fully saturated rings. The molecule has 0 amide bonds. The van der Waals surface area contributed by atoms with Gasteiger partial charge in [0.2, 0.25) is 0 Å². The van der Waals surface area contributed by atoms with E-state index in [1.54, 1.807) is 0 Å². The highest BCUT2D eigenvalue weighted by atomic mass is 15.3. The highest BCUT2D eigenvalue weighted by molar-refractivity contribution is 4.85. The second kappa shape index (κ2) is 5.01. The molecule has 0 saturated carbocycles. The number of hydrogen-bond donors (Lipinski definition) is 0. The third-order valence-corrected chi connectivity index (χ3v) is 2.23. The zero-order valence-corrected chi connectivity index (χ0v) is 7.61. The Balaban J connectivity index is 1.98. The molecule has 1 heterocycles. The van der Waals surface area contributed by atoms with Crippen molar-refractivity contribution in [1.29, 1.82) is 0 Å². The van der Waals surface area contributed by atoms with Gasteiger partial charge in [-0.1, -0.05) is 24.9 Å². The molecule has 1 saturated heterocycles. The van der Waals surface area contributed by atoms with Crippen molar-refractivity contribution in [3.05, 3.63) is 10.4 Å². The van der Waals surface area contributed by atoms with Gasteiger partial charge in [-0.15, -0.1) is 0 Å². The maximum atomic E-state index is 8.14. The number of likely N-dealkylation sites (tertiary alicyclic amines) is 1. The van der Waals surface area contributed by atoms with Crippen LogP contribution in [0.25, 0.3) is 10.4 Å². The largest absolute Gasteiger partial charge is 0.302 e. The molecule has 0 N–H and O–H groups in total. The van der Waals surface area contributed by atoms with Crippen LogP contribution in [0.5, 0.6) is 0 Å². The lowest BCUT2D eigenvalue weighted by molar-refractivity contribution is 0.148. The second-order valence-corrected chi connectivity index (χ2v) is 3.33. The molecule has 0 spiro atoms. The van der Waals surface area contributed by atoms with E-state index in [4.69, 9.17) is 5.53 Å². The Kier molecular flexibility index (Phi) is 3.91. The van der Waals surface area contributed by atoms with Gasteiger partial charge in [-0.2, -0.15) is 0 Å². The van der Waals surface area contributed by atoms with Gasteiger partial charge >= 0.3 is 0 Å². The van der Waals surface area contributed by atoms with Crippen molar-refractivity contribution < 1.29 is 0 Å². The van der Waals surface area contributed by atoms with E-state index < -0.39 is 0 Å². The number of unbranched alkanes of at least 4 members (excludes halogenated alkanes) is 2. The van der Waals surface area contributed by atoms with Crippen molar-refractivity contribution in [3.8, 4) is 0 Å². The minimum absolute atomic E-state index is 0.247. The van der Waals surface area contributed by atoms with Gasteiger partial charge < -0.3 is 4.90 Å². The molecule has 1 aliphatic heterocycles. The summed E-state index contributed by atoms with van der Waals surface area (Å²) in [5.41, 5.74) is 8.14. The third-order valence-electron chi connectivity index (χ3n) is 2.23. The van der Waals surface area contributed by atoms with Crippen LogP contribution in [0.2, 0.25) is 0 Å². The number of nitrogens with zero attached hydrogens (tertiary/aromatic N) is 4. The molecule has 1 aliphatic rings. The summed E-state index contributed by atoms with van der Waals surface area (Å²) in [6.07, 6.45) is 3.86. The smallest absolute Gasteiger partial charge is 0.0628 e. The summed E-state index contributed by atoms with van der Waals surface area (Å²) in [7, 11) is 0. The van der Waals surface area contributed by atoms with Crippen LogP contribution in [0.4, 0.5) is 0 Å². The first-order chi connectivity index (χ1) is 5.86. The minimum Gasteiger partial charge on any atom is -0.302 e. The van der Waals surface area contributed by atoms with Gasteiger partial charge in [-0.3, -0.25) is 0 Å². The van der Waals surface area contributed by atoms with Crippen molar-refractivity contribution in [1.82, 2.24) is 4.90 Å². The number of hydrogen-bond acceptors (Lipinski definition) is 2. The molecule has 0 unspecified atom stereocenters. The average molecular weight is 168 g/mol. The summed E-state index contributed by atoms with van der Waals surface area (Å²) in [5.74, 6) is 0. The predicted molar refractivity (Wildman–Crippen MR) is 48.9 cm³/mol. The molecule has 4 nitrogen and oxygen atoms in total. The van der Waals surface area contributed by atoms with Crippen LogP contribution >= 0.6 is 0 Å². The molecule has 68 valence electrons. The second-order valence-electron chi connectivity index (χ2n) is 3.33. The fraction of sp³-hybridized carbons (Fsp3) is 1.00. The number of rotatable bonds is 5. The molecular weight excluding hydrogens is 152 g/mol. The molecule has 0 aromatic rings. The Morgan fingerprint density at radius 2 is 2.25 bits per heavy atom. The van der Waals surface area contributed by atoms with Gasteiger partial charge in [0.05, 0.1) is 6.04 Å². The van der Waals surface area contributed by atoms with E-state index in [0.717, 1.165) is 13.1 Å². The molecule has 0 aromatic carbocycles. The summed E-state index contributed by atoms with van der Waals surface area (Å²) in [6, 6.07) is 0.247. The first-order valence-corrected chi connectivity index (χ1v) is 4.63. The lowest BCUT2D eigenvalue weighted by Crippen LogP contribution is -2.49. The Hall–Kier alpha value is -0.730. The van der Waals surface area contributed by atoms with E-state index in [0.29, 0.717) is 0 Å². The summed E-state index contributed by atoms with van der Waals surface area (Å²) in [6.45, 7) is 5.31. The lowest BCUT2D eigenvalue weighted by Gasteiger charge is -2.36. The highest BCUT2D eigenvalue weighted by Gasteiger charge is 2.24. The Labute approximate surface area is 73.2 Å². The van der Waals surface area contributed by atoms with Crippen molar-refractivity contribution in [2.24, 2.45) is 5.11 Å². The highest BCUT2D eigenvalue weighted by Crippen LogP contribution is 2.12. The van der Waals surface area contributed by atoms with Gasteiger partial charge in [-0.05, 0) is 18.5 Å². The van der Waals surface area contributed by atoms with Crippen LogP contribution in [0, 0.1) is 0 Å². The molecule has 12 heavy (non-hydrogen) atoms. The first kappa shape index (κ1) is 9.36. The van der Waals surface area contributed by atoms with Crippen molar-refractivity contribution in [3.63, 3.8) is 0 Å². The SMILES string of the molecule is CCCCCN1CC(N=[N+]=[N-])C1. The van der Waals surface area contributed by atoms with Gasteiger partial charge in [0.15, 0.2) is 0 Å². The maximum absolute atomic E-state index is 8.14. The molecule has 1 rings (SSSR count). The standard InChI is InChI=1S/C8H16N4/c1-2-3-4-5-12-6-8(7-12)10-11-9/h8H,2-7H2,1H3. The van der Waals surface area contributed by atoms with E-state index in [1.807, 2.05) is 0 Å². The topological polar surface area (TPSA) is 52.0 Å². The van der Waals surface area contributed by atoms with E-state index >= 15 is 0 Å².